The highest BCUT2D eigenvalue weighted by Crippen LogP contribution is 2.26. The summed E-state index contributed by atoms with van der Waals surface area (Å²) in [5.41, 5.74) is 0.401. The number of carbonyl (C=O) groups is 3. The Morgan fingerprint density at radius 1 is 1.00 bits per heavy atom. The van der Waals surface area contributed by atoms with Crippen molar-refractivity contribution in [3.63, 3.8) is 0 Å². The lowest BCUT2D eigenvalue weighted by molar-refractivity contribution is -0.145. The van der Waals surface area contributed by atoms with Crippen molar-refractivity contribution in [2.24, 2.45) is 10.8 Å². The first-order valence-corrected chi connectivity index (χ1v) is 14.0. The Morgan fingerprint density at radius 3 is 2.36 bits per heavy atom. The van der Waals surface area contributed by atoms with E-state index in [0.717, 1.165) is 29.3 Å². The third-order valence-electron chi connectivity index (χ3n) is 6.89. The molecular weight excluding hydrogens is 492 g/mol. The maximum absolute atomic E-state index is 13.4. The molecule has 1 aliphatic rings. The molecule has 0 aliphatic carbocycles. The van der Waals surface area contributed by atoms with Gasteiger partial charge < -0.3 is 26.0 Å². The van der Waals surface area contributed by atoms with E-state index in [1.807, 2.05) is 63.2 Å². The zero-order valence-corrected chi connectivity index (χ0v) is 24.3. The maximum atomic E-state index is 13.4. The number of likely N-dealkylation sites (tertiary alicyclic amines) is 1. The highest BCUT2D eigenvalue weighted by molar-refractivity contribution is 5.93. The molecule has 1 aliphatic heterocycles. The van der Waals surface area contributed by atoms with Crippen molar-refractivity contribution in [3.05, 3.63) is 48.0 Å². The maximum Gasteiger partial charge on any atom is 0.243 e. The van der Waals surface area contributed by atoms with Crippen LogP contribution in [0.5, 0.6) is 0 Å². The summed E-state index contributed by atoms with van der Waals surface area (Å²) in [7, 11) is 0. The van der Waals surface area contributed by atoms with E-state index in [4.69, 9.17) is 0 Å². The average Bonchev–Trinajstić information content (AvgIpc) is 3.35. The fourth-order valence-corrected chi connectivity index (χ4v) is 4.82. The van der Waals surface area contributed by atoms with E-state index in [2.05, 4.69) is 36.7 Å². The first-order chi connectivity index (χ1) is 18.2. The first-order valence-electron chi connectivity index (χ1n) is 14.0. The van der Waals surface area contributed by atoms with Gasteiger partial charge in [-0.3, -0.25) is 14.4 Å². The summed E-state index contributed by atoms with van der Waals surface area (Å²) in [5, 5.41) is 21.5. The van der Waals surface area contributed by atoms with E-state index in [-0.39, 0.29) is 29.7 Å². The summed E-state index contributed by atoms with van der Waals surface area (Å²) in [6.07, 6.45) is 0.842. The third-order valence-corrected chi connectivity index (χ3v) is 6.89. The van der Waals surface area contributed by atoms with Crippen LogP contribution in [0.15, 0.2) is 42.5 Å². The van der Waals surface area contributed by atoms with E-state index in [1.54, 1.807) is 4.90 Å². The highest BCUT2D eigenvalue weighted by atomic mass is 16.3. The number of aliphatic hydroxyl groups is 1. The minimum Gasteiger partial charge on any atom is -0.390 e. The van der Waals surface area contributed by atoms with Gasteiger partial charge in [0.05, 0.1) is 6.10 Å². The number of nitrogens with zero attached hydrogens (tertiary/aromatic N) is 1. The molecule has 1 saturated heterocycles. The van der Waals surface area contributed by atoms with Crippen LogP contribution in [0.2, 0.25) is 0 Å². The van der Waals surface area contributed by atoms with Crippen LogP contribution in [0.1, 0.15) is 59.9 Å². The molecule has 0 radical (unpaired) electrons. The van der Waals surface area contributed by atoms with Crippen LogP contribution in [0.3, 0.4) is 0 Å². The predicted octanol–water partition coefficient (Wildman–Crippen LogP) is 3.02. The summed E-state index contributed by atoms with van der Waals surface area (Å²) >= 11 is 0. The third kappa shape index (κ3) is 9.04. The molecule has 8 heteroatoms. The molecule has 0 bridgehead atoms. The quantitative estimate of drug-likeness (QED) is 0.372. The SMILES string of the molecule is CC(C)(C)CNCC(O)CNC(=O)[C@@H](Cc1ccc2ccccc2c1)NC(=O)C1CCCN1C(=O)C(C)(C)C. The van der Waals surface area contributed by atoms with Gasteiger partial charge >= 0.3 is 0 Å². The van der Waals surface area contributed by atoms with Crippen LogP contribution >= 0.6 is 0 Å². The van der Waals surface area contributed by atoms with Crippen LogP contribution in [0, 0.1) is 10.8 Å². The van der Waals surface area contributed by atoms with Crippen LogP contribution in [0.25, 0.3) is 10.8 Å². The van der Waals surface area contributed by atoms with Crippen molar-refractivity contribution in [2.75, 3.05) is 26.2 Å². The average molecular weight is 539 g/mol. The number of benzene rings is 2. The fourth-order valence-electron chi connectivity index (χ4n) is 4.82. The molecule has 214 valence electrons. The van der Waals surface area contributed by atoms with Crippen LogP contribution in [0.4, 0.5) is 0 Å². The smallest absolute Gasteiger partial charge is 0.243 e. The Labute approximate surface area is 232 Å². The van der Waals surface area contributed by atoms with Gasteiger partial charge in [-0.2, -0.15) is 0 Å². The topological polar surface area (TPSA) is 111 Å². The molecule has 3 rings (SSSR count). The number of hydrogen-bond donors (Lipinski definition) is 4. The van der Waals surface area contributed by atoms with Gasteiger partial charge in [-0.15, -0.1) is 0 Å². The van der Waals surface area contributed by atoms with Crippen molar-refractivity contribution in [1.29, 1.82) is 0 Å². The number of nitrogens with one attached hydrogen (secondary N) is 3. The summed E-state index contributed by atoms with van der Waals surface area (Å²) < 4.78 is 0. The lowest BCUT2D eigenvalue weighted by Crippen LogP contribution is -2.55. The summed E-state index contributed by atoms with van der Waals surface area (Å²) in [5.74, 6) is -0.752. The molecule has 1 fully saturated rings. The molecule has 0 saturated carbocycles. The van der Waals surface area contributed by atoms with E-state index < -0.39 is 23.6 Å². The van der Waals surface area contributed by atoms with Gasteiger partial charge in [0, 0.05) is 38.0 Å². The number of carbonyl (C=O) groups excluding carboxylic acids is 3. The van der Waals surface area contributed by atoms with Gasteiger partial charge in [0.15, 0.2) is 0 Å². The zero-order valence-electron chi connectivity index (χ0n) is 24.3. The lowest BCUT2D eigenvalue weighted by atomic mass is 9.94. The normalized spacial score (nSPS) is 17.6. The van der Waals surface area contributed by atoms with Crippen molar-refractivity contribution >= 4 is 28.5 Å². The minimum atomic E-state index is -0.847. The number of hydrogen-bond acceptors (Lipinski definition) is 5. The Kier molecular flexibility index (Phi) is 10.1. The molecule has 4 N–H and O–H groups in total. The highest BCUT2D eigenvalue weighted by Gasteiger charge is 2.39. The second-order valence-electron chi connectivity index (χ2n) is 12.9. The number of rotatable bonds is 10. The second-order valence-corrected chi connectivity index (χ2v) is 12.9. The minimum absolute atomic E-state index is 0.0676. The molecular formula is C31H46N4O4. The van der Waals surface area contributed by atoms with E-state index in [0.29, 0.717) is 25.9 Å². The zero-order chi connectivity index (χ0) is 28.8. The Morgan fingerprint density at radius 2 is 1.69 bits per heavy atom. The summed E-state index contributed by atoms with van der Waals surface area (Å²) in [4.78, 5) is 41.4. The van der Waals surface area contributed by atoms with E-state index >= 15 is 0 Å². The number of fused-ring (bicyclic) bond motifs is 1. The van der Waals surface area contributed by atoms with Gasteiger partial charge in [0.2, 0.25) is 17.7 Å². The van der Waals surface area contributed by atoms with Gasteiger partial charge in [-0.1, -0.05) is 84.0 Å². The Balaban J connectivity index is 1.72. The summed E-state index contributed by atoms with van der Waals surface area (Å²) in [6.45, 7) is 13.6. The standard InChI is InChI=1S/C31H46N4O4/c1-30(2,3)20-32-18-24(36)19-33-27(37)25(17-21-13-14-22-10-7-8-11-23(22)16-21)34-28(38)26-12-9-15-35(26)29(39)31(4,5)6/h7-8,10-11,13-14,16,24-26,32,36H,9,12,15,17-20H2,1-6H3,(H,33,37)(H,34,38)/t24?,25-,26?/m1/s1. The largest absolute Gasteiger partial charge is 0.390 e. The number of amides is 3. The summed E-state index contributed by atoms with van der Waals surface area (Å²) in [6, 6.07) is 12.5. The van der Waals surface area contributed by atoms with Crippen molar-refractivity contribution in [3.8, 4) is 0 Å². The molecule has 8 nitrogen and oxygen atoms in total. The second kappa shape index (κ2) is 12.9. The molecule has 2 aromatic carbocycles. The molecule has 39 heavy (non-hydrogen) atoms. The molecule has 2 unspecified atom stereocenters. The van der Waals surface area contributed by atoms with Crippen LogP contribution in [-0.4, -0.2) is 72.1 Å². The Bertz CT molecular complexity index is 1150. The monoisotopic (exact) mass is 538 g/mol. The Hall–Kier alpha value is -2.97. The molecule has 0 spiro atoms. The van der Waals surface area contributed by atoms with Crippen molar-refractivity contribution in [1.82, 2.24) is 20.9 Å². The fraction of sp³-hybridized carbons (Fsp3) is 0.581. The van der Waals surface area contributed by atoms with Crippen LogP contribution in [-0.2, 0) is 20.8 Å². The van der Waals surface area contributed by atoms with Gasteiger partial charge in [-0.05, 0) is 34.6 Å². The molecule has 3 amide bonds. The van der Waals surface area contributed by atoms with Crippen LogP contribution < -0.4 is 16.0 Å². The van der Waals surface area contributed by atoms with Gasteiger partial charge in [0.1, 0.15) is 12.1 Å². The van der Waals surface area contributed by atoms with E-state index in [9.17, 15) is 19.5 Å². The molecule has 2 aromatic rings. The first kappa shape index (κ1) is 30.6. The molecule has 0 aromatic heterocycles. The molecule has 1 heterocycles. The van der Waals surface area contributed by atoms with E-state index in [1.165, 1.54) is 0 Å². The lowest BCUT2D eigenvalue weighted by Gasteiger charge is -2.31. The molecule has 3 atom stereocenters. The van der Waals surface area contributed by atoms with Crippen molar-refractivity contribution in [2.45, 2.75) is 79.0 Å². The predicted molar refractivity (Wildman–Crippen MR) is 155 cm³/mol. The van der Waals surface area contributed by atoms with Crippen molar-refractivity contribution < 1.29 is 19.5 Å². The van der Waals surface area contributed by atoms with Gasteiger partial charge in [0.25, 0.3) is 0 Å². The van der Waals surface area contributed by atoms with Gasteiger partial charge in [-0.25, -0.2) is 0 Å². The number of aliphatic hydroxyl groups excluding tert-OH is 1.